The van der Waals surface area contributed by atoms with Crippen LogP contribution < -0.4 is 0 Å². The van der Waals surface area contributed by atoms with E-state index in [1.807, 2.05) is 4.90 Å². The van der Waals surface area contributed by atoms with Gasteiger partial charge in [-0.05, 0) is 31.2 Å². The van der Waals surface area contributed by atoms with Crippen molar-refractivity contribution in [3.8, 4) is 0 Å². The lowest BCUT2D eigenvalue weighted by atomic mass is 10.1. The van der Waals surface area contributed by atoms with Gasteiger partial charge in [0.1, 0.15) is 0 Å². The van der Waals surface area contributed by atoms with Crippen LogP contribution >= 0.6 is 0 Å². The van der Waals surface area contributed by atoms with Crippen LogP contribution in [0.2, 0.25) is 0 Å². The van der Waals surface area contributed by atoms with Crippen molar-refractivity contribution in [2.24, 2.45) is 5.92 Å². The van der Waals surface area contributed by atoms with Gasteiger partial charge in [0, 0.05) is 13.1 Å². The molecule has 1 N–H and O–H groups in total. The van der Waals surface area contributed by atoms with Crippen molar-refractivity contribution in [3.05, 3.63) is 35.4 Å². The molecule has 0 amide bonds. The largest absolute Gasteiger partial charge is 0.481 e. The number of carboxylic acids is 1. The monoisotopic (exact) mass is 257 g/mol. The number of hydrogen-bond donors (Lipinski definition) is 1. The molecule has 18 heavy (non-hydrogen) atoms. The second kappa shape index (κ2) is 6.44. The first-order chi connectivity index (χ1) is 8.40. The zero-order valence-corrected chi connectivity index (χ0v) is 10.5. The highest BCUT2D eigenvalue weighted by Crippen LogP contribution is 2.10. The van der Waals surface area contributed by atoms with Crippen molar-refractivity contribution >= 4 is 5.97 Å². The highest BCUT2D eigenvalue weighted by atomic mass is 19.2. The predicted octanol–water partition coefficient (Wildman–Crippen LogP) is 2.16. The number of carboxylic acid groups (broad SMARTS) is 1. The molecule has 1 unspecified atom stereocenters. The minimum atomic E-state index is -0.855. The lowest BCUT2D eigenvalue weighted by Crippen LogP contribution is -2.30. The van der Waals surface area contributed by atoms with Crippen LogP contribution in [0.3, 0.4) is 0 Å². The topological polar surface area (TPSA) is 40.5 Å². The molecule has 100 valence electrons. The number of halogens is 2. The van der Waals surface area contributed by atoms with Crippen LogP contribution in [0.25, 0.3) is 0 Å². The fourth-order valence-corrected chi connectivity index (χ4v) is 1.65. The summed E-state index contributed by atoms with van der Waals surface area (Å²) in [5, 5.41) is 8.77. The number of nitrogens with zero attached hydrogens (tertiary/aromatic N) is 1. The summed E-state index contributed by atoms with van der Waals surface area (Å²) in [6.45, 7) is 2.66. The Morgan fingerprint density at radius 3 is 2.61 bits per heavy atom. The van der Waals surface area contributed by atoms with Crippen molar-refractivity contribution in [2.45, 2.75) is 13.3 Å². The molecule has 0 bridgehead atoms. The second-order valence-electron chi connectivity index (χ2n) is 4.50. The van der Waals surface area contributed by atoms with Gasteiger partial charge in [-0.1, -0.05) is 13.0 Å². The van der Waals surface area contributed by atoms with Gasteiger partial charge in [0.05, 0.1) is 5.92 Å². The smallest absolute Gasteiger partial charge is 0.307 e. The van der Waals surface area contributed by atoms with Crippen molar-refractivity contribution < 1.29 is 18.7 Å². The molecule has 3 nitrogen and oxygen atoms in total. The molecule has 1 atom stereocenters. The SMILES string of the molecule is CC(CN(C)CCc1ccc(F)c(F)c1)C(=O)O. The minimum Gasteiger partial charge on any atom is -0.481 e. The Kier molecular flexibility index (Phi) is 5.22. The van der Waals surface area contributed by atoms with E-state index in [0.29, 0.717) is 25.1 Å². The summed E-state index contributed by atoms with van der Waals surface area (Å²) in [4.78, 5) is 12.5. The Morgan fingerprint density at radius 1 is 1.39 bits per heavy atom. The van der Waals surface area contributed by atoms with E-state index in [1.165, 1.54) is 12.1 Å². The van der Waals surface area contributed by atoms with E-state index in [-0.39, 0.29) is 0 Å². The van der Waals surface area contributed by atoms with Gasteiger partial charge in [0.15, 0.2) is 11.6 Å². The van der Waals surface area contributed by atoms with Gasteiger partial charge >= 0.3 is 5.97 Å². The van der Waals surface area contributed by atoms with Crippen molar-refractivity contribution in [1.82, 2.24) is 4.90 Å². The molecular weight excluding hydrogens is 240 g/mol. The highest BCUT2D eigenvalue weighted by molar-refractivity contribution is 5.69. The molecule has 0 aliphatic heterocycles. The van der Waals surface area contributed by atoms with Crippen molar-refractivity contribution in [3.63, 3.8) is 0 Å². The maximum Gasteiger partial charge on any atom is 0.307 e. The normalized spacial score (nSPS) is 12.7. The van der Waals surface area contributed by atoms with Gasteiger partial charge in [-0.25, -0.2) is 8.78 Å². The summed E-state index contributed by atoms with van der Waals surface area (Å²) in [5.74, 6) is -2.99. The Bertz CT molecular complexity index is 423. The third kappa shape index (κ3) is 4.41. The molecule has 5 heteroatoms. The summed E-state index contributed by atoms with van der Waals surface area (Å²) >= 11 is 0. The van der Waals surface area contributed by atoms with E-state index in [4.69, 9.17) is 5.11 Å². The first-order valence-electron chi connectivity index (χ1n) is 5.75. The van der Waals surface area contributed by atoms with Crippen LogP contribution in [0.4, 0.5) is 8.78 Å². The molecule has 0 aliphatic carbocycles. The van der Waals surface area contributed by atoms with E-state index >= 15 is 0 Å². The molecule has 0 fully saturated rings. The molecule has 1 rings (SSSR count). The number of carbonyl (C=O) groups is 1. The van der Waals surface area contributed by atoms with Crippen molar-refractivity contribution in [1.29, 1.82) is 0 Å². The van der Waals surface area contributed by atoms with Gasteiger partial charge in [0.25, 0.3) is 0 Å². The van der Waals surface area contributed by atoms with Crippen LogP contribution in [0.1, 0.15) is 12.5 Å². The number of aliphatic carboxylic acids is 1. The highest BCUT2D eigenvalue weighted by Gasteiger charge is 2.13. The van der Waals surface area contributed by atoms with Gasteiger partial charge in [-0.3, -0.25) is 4.79 Å². The van der Waals surface area contributed by atoms with Gasteiger partial charge in [0.2, 0.25) is 0 Å². The zero-order chi connectivity index (χ0) is 13.7. The first kappa shape index (κ1) is 14.6. The van der Waals surface area contributed by atoms with E-state index in [9.17, 15) is 13.6 Å². The van der Waals surface area contributed by atoms with Crippen LogP contribution in [-0.2, 0) is 11.2 Å². The number of hydrogen-bond acceptors (Lipinski definition) is 2. The molecule has 0 heterocycles. The maximum absolute atomic E-state index is 13.0. The summed E-state index contributed by atoms with van der Waals surface area (Å²) < 4.78 is 25.7. The second-order valence-corrected chi connectivity index (χ2v) is 4.50. The molecule has 0 aromatic heterocycles. The number of rotatable bonds is 6. The molecule has 0 aliphatic rings. The lowest BCUT2D eigenvalue weighted by molar-refractivity contribution is -0.141. The lowest BCUT2D eigenvalue weighted by Gasteiger charge is -2.18. The predicted molar refractivity (Wildman–Crippen MR) is 64.4 cm³/mol. The Labute approximate surface area is 105 Å². The number of likely N-dealkylation sites (N-methyl/N-ethyl adjacent to an activating group) is 1. The molecule has 0 saturated heterocycles. The summed E-state index contributed by atoms with van der Waals surface area (Å²) in [6.07, 6.45) is 0.556. The summed E-state index contributed by atoms with van der Waals surface area (Å²) in [7, 11) is 1.80. The Hall–Kier alpha value is -1.49. The van der Waals surface area contributed by atoms with E-state index < -0.39 is 23.5 Å². The fourth-order valence-electron chi connectivity index (χ4n) is 1.65. The summed E-state index contributed by atoms with van der Waals surface area (Å²) in [6, 6.07) is 3.81. The standard InChI is InChI=1S/C13H17F2NO2/c1-9(13(17)18)8-16(2)6-5-10-3-4-11(14)12(15)7-10/h3-4,7,9H,5-6,8H2,1-2H3,(H,17,18). The van der Waals surface area contributed by atoms with Crippen LogP contribution in [0.15, 0.2) is 18.2 Å². The fraction of sp³-hybridized carbons (Fsp3) is 0.462. The molecule has 0 spiro atoms. The van der Waals surface area contributed by atoms with Crippen LogP contribution in [0, 0.1) is 17.6 Å². The van der Waals surface area contributed by atoms with E-state index in [0.717, 1.165) is 6.07 Å². The molecule has 0 saturated carbocycles. The molecule has 1 aromatic carbocycles. The maximum atomic E-state index is 13.0. The third-order valence-corrected chi connectivity index (χ3v) is 2.77. The van der Waals surface area contributed by atoms with Gasteiger partial charge in [-0.15, -0.1) is 0 Å². The van der Waals surface area contributed by atoms with E-state index in [2.05, 4.69) is 0 Å². The van der Waals surface area contributed by atoms with Gasteiger partial charge in [-0.2, -0.15) is 0 Å². The molecular formula is C13H17F2NO2. The zero-order valence-electron chi connectivity index (χ0n) is 10.5. The first-order valence-corrected chi connectivity index (χ1v) is 5.75. The van der Waals surface area contributed by atoms with Crippen molar-refractivity contribution in [2.75, 3.05) is 20.1 Å². The van der Waals surface area contributed by atoms with Gasteiger partial charge < -0.3 is 10.0 Å². The Balaban J connectivity index is 2.44. The minimum absolute atomic E-state index is 0.430. The third-order valence-electron chi connectivity index (χ3n) is 2.77. The average molecular weight is 257 g/mol. The average Bonchev–Trinajstić information content (AvgIpc) is 2.30. The molecule has 0 radical (unpaired) electrons. The number of benzene rings is 1. The quantitative estimate of drug-likeness (QED) is 0.849. The van der Waals surface area contributed by atoms with Crippen LogP contribution in [0.5, 0.6) is 0 Å². The summed E-state index contributed by atoms with van der Waals surface area (Å²) in [5.41, 5.74) is 0.698. The van der Waals surface area contributed by atoms with Crippen LogP contribution in [-0.4, -0.2) is 36.1 Å². The van der Waals surface area contributed by atoms with E-state index in [1.54, 1.807) is 14.0 Å². The molecule has 1 aromatic rings. The Morgan fingerprint density at radius 2 is 2.06 bits per heavy atom.